The van der Waals surface area contributed by atoms with E-state index in [9.17, 15) is 18.0 Å². The first-order chi connectivity index (χ1) is 12.0. The Morgan fingerprint density at radius 2 is 1.64 bits per heavy atom. The number of amides is 2. The highest BCUT2D eigenvalue weighted by molar-refractivity contribution is 5.89. The molecule has 2 aromatic carbocycles. The Labute approximate surface area is 143 Å². The van der Waals surface area contributed by atoms with Gasteiger partial charge in [-0.3, -0.25) is 0 Å². The van der Waals surface area contributed by atoms with Crippen LogP contribution in [0.15, 0.2) is 42.5 Å². The van der Waals surface area contributed by atoms with E-state index in [0.717, 1.165) is 37.3 Å². The van der Waals surface area contributed by atoms with Crippen LogP contribution in [0.25, 0.3) is 0 Å². The Kier molecular flexibility index (Phi) is 5.23. The molecule has 2 amide bonds. The van der Waals surface area contributed by atoms with Crippen LogP contribution in [0.4, 0.5) is 23.7 Å². The number of carbonyl (C=O) groups excluding carboxylic acids is 1. The Morgan fingerprint density at radius 1 is 1.00 bits per heavy atom. The number of rotatable bonds is 3. The molecule has 25 heavy (non-hydrogen) atoms. The summed E-state index contributed by atoms with van der Waals surface area (Å²) in [5.41, 5.74) is 1.01. The minimum atomic E-state index is -0.797. The molecule has 2 aromatic rings. The van der Waals surface area contributed by atoms with E-state index in [-0.39, 0.29) is 11.5 Å². The van der Waals surface area contributed by atoms with Crippen LogP contribution in [-0.2, 0) is 6.54 Å². The number of urea groups is 1. The smallest absolute Gasteiger partial charge is 0.322 e. The van der Waals surface area contributed by atoms with E-state index in [0.29, 0.717) is 13.1 Å². The van der Waals surface area contributed by atoms with Crippen LogP contribution in [-0.4, -0.2) is 37.1 Å². The summed E-state index contributed by atoms with van der Waals surface area (Å²) in [5, 5.41) is 2.47. The van der Waals surface area contributed by atoms with E-state index in [1.54, 1.807) is 17.0 Å². The molecule has 1 heterocycles. The van der Waals surface area contributed by atoms with E-state index in [2.05, 4.69) is 5.32 Å². The van der Waals surface area contributed by atoms with Crippen molar-refractivity contribution in [3.05, 3.63) is 65.5 Å². The van der Waals surface area contributed by atoms with Crippen LogP contribution >= 0.6 is 0 Å². The maximum atomic E-state index is 13.6. The normalized spacial score (nSPS) is 15.2. The Balaban J connectivity index is 1.51. The molecule has 0 aliphatic carbocycles. The van der Waals surface area contributed by atoms with E-state index < -0.39 is 17.7 Å². The minimum absolute atomic E-state index is 0.0347. The van der Waals surface area contributed by atoms with Crippen LogP contribution in [0.5, 0.6) is 0 Å². The van der Waals surface area contributed by atoms with Crippen molar-refractivity contribution in [1.82, 2.24) is 4.90 Å². The molecule has 3 rings (SSSR count). The Morgan fingerprint density at radius 3 is 2.28 bits per heavy atom. The lowest BCUT2D eigenvalue weighted by Crippen LogP contribution is -3.13. The number of anilines is 1. The number of carbonyl (C=O) groups is 1. The second-order valence-corrected chi connectivity index (χ2v) is 6.09. The molecule has 1 aliphatic heterocycles. The van der Waals surface area contributed by atoms with Gasteiger partial charge < -0.3 is 15.1 Å². The molecule has 2 N–H and O–H groups in total. The molecule has 1 saturated heterocycles. The summed E-state index contributed by atoms with van der Waals surface area (Å²) in [6.07, 6.45) is 0. The number of piperazine rings is 1. The third kappa shape index (κ3) is 4.51. The third-order valence-corrected chi connectivity index (χ3v) is 4.30. The number of halogens is 3. The maximum absolute atomic E-state index is 13.6. The van der Waals surface area contributed by atoms with Crippen molar-refractivity contribution in [3.63, 3.8) is 0 Å². The van der Waals surface area contributed by atoms with Gasteiger partial charge in [-0.05, 0) is 24.3 Å². The average molecular weight is 350 g/mol. The summed E-state index contributed by atoms with van der Waals surface area (Å²) in [6, 6.07) is 9.05. The molecule has 0 aromatic heterocycles. The standard InChI is InChI=1S/C18H18F3N3O/c19-14-3-1-13(2-4-14)12-23-7-9-24(10-8-23)18(25)22-17-6-5-15(20)11-16(17)21/h1-6,11H,7-10,12H2,(H,22,25)/p+1. The van der Waals surface area contributed by atoms with Crippen molar-refractivity contribution in [3.8, 4) is 0 Å². The van der Waals surface area contributed by atoms with Gasteiger partial charge in [0.1, 0.15) is 24.0 Å². The van der Waals surface area contributed by atoms with Gasteiger partial charge >= 0.3 is 6.03 Å². The highest BCUT2D eigenvalue weighted by Crippen LogP contribution is 2.15. The number of hydrogen-bond donors (Lipinski definition) is 2. The molecule has 1 fully saturated rings. The fraction of sp³-hybridized carbons (Fsp3) is 0.278. The fourth-order valence-corrected chi connectivity index (χ4v) is 2.88. The van der Waals surface area contributed by atoms with E-state index in [4.69, 9.17) is 0 Å². The van der Waals surface area contributed by atoms with Gasteiger partial charge in [-0.15, -0.1) is 0 Å². The Hall–Kier alpha value is -2.54. The molecule has 132 valence electrons. The number of hydrogen-bond acceptors (Lipinski definition) is 1. The molecule has 0 radical (unpaired) electrons. The predicted molar refractivity (Wildman–Crippen MR) is 87.8 cm³/mol. The first kappa shape index (κ1) is 17.3. The van der Waals surface area contributed by atoms with Crippen molar-refractivity contribution in [2.24, 2.45) is 0 Å². The summed E-state index contributed by atoms with van der Waals surface area (Å²) in [6.45, 7) is 3.33. The molecule has 0 saturated carbocycles. The molecule has 0 spiro atoms. The number of nitrogens with one attached hydrogen (secondary N) is 2. The third-order valence-electron chi connectivity index (χ3n) is 4.30. The summed E-state index contributed by atoms with van der Waals surface area (Å²) in [7, 11) is 0. The molecule has 0 unspecified atom stereocenters. The average Bonchev–Trinajstić information content (AvgIpc) is 2.60. The summed E-state index contributed by atoms with van der Waals surface area (Å²) in [4.78, 5) is 15.1. The van der Waals surface area contributed by atoms with E-state index in [1.807, 2.05) is 0 Å². The number of nitrogens with zero attached hydrogens (tertiary/aromatic N) is 1. The van der Waals surface area contributed by atoms with Crippen LogP contribution in [0.1, 0.15) is 5.56 Å². The van der Waals surface area contributed by atoms with Gasteiger partial charge in [0.25, 0.3) is 0 Å². The lowest BCUT2D eigenvalue weighted by atomic mass is 10.2. The van der Waals surface area contributed by atoms with E-state index >= 15 is 0 Å². The summed E-state index contributed by atoms with van der Waals surface area (Å²) >= 11 is 0. The molecule has 1 aliphatic rings. The largest absolute Gasteiger partial charge is 0.328 e. The van der Waals surface area contributed by atoms with Gasteiger partial charge in [-0.25, -0.2) is 18.0 Å². The van der Waals surface area contributed by atoms with Crippen molar-refractivity contribution in [2.75, 3.05) is 31.5 Å². The molecular formula is C18H19F3N3O+. The summed E-state index contributed by atoms with van der Waals surface area (Å²) in [5.74, 6) is -1.74. The van der Waals surface area contributed by atoms with Gasteiger partial charge in [-0.2, -0.15) is 0 Å². The van der Waals surface area contributed by atoms with Gasteiger partial charge in [0, 0.05) is 11.6 Å². The van der Waals surface area contributed by atoms with Crippen molar-refractivity contribution >= 4 is 11.7 Å². The second-order valence-electron chi connectivity index (χ2n) is 6.09. The zero-order valence-electron chi connectivity index (χ0n) is 13.6. The van der Waals surface area contributed by atoms with Crippen LogP contribution in [0.3, 0.4) is 0 Å². The molecule has 0 atom stereocenters. The topological polar surface area (TPSA) is 36.8 Å². The maximum Gasteiger partial charge on any atom is 0.322 e. The van der Waals surface area contributed by atoms with Gasteiger partial charge in [-0.1, -0.05) is 12.1 Å². The zero-order chi connectivity index (χ0) is 17.8. The molecule has 4 nitrogen and oxygen atoms in total. The highest BCUT2D eigenvalue weighted by Gasteiger charge is 2.24. The first-order valence-electron chi connectivity index (χ1n) is 8.10. The second kappa shape index (κ2) is 7.57. The lowest BCUT2D eigenvalue weighted by molar-refractivity contribution is -0.917. The summed E-state index contributed by atoms with van der Waals surface area (Å²) < 4.78 is 39.4. The number of benzene rings is 2. The van der Waals surface area contributed by atoms with Gasteiger partial charge in [0.05, 0.1) is 31.9 Å². The first-order valence-corrected chi connectivity index (χ1v) is 8.10. The van der Waals surface area contributed by atoms with Crippen molar-refractivity contribution in [2.45, 2.75) is 6.54 Å². The van der Waals surface area contributed by atoms with Crippen molar-refractivity contribution < 1.29 is 22.9 Å². The minimum Gasteiger partial charge on any atom is -0.328 e. The predicted octanol–water partition coefficient (Wildman–Crippen LogP) is 2.04. The van der Waals surface area contributed by atoms with Crippen molar-refractivity contribution in [1.29, 1.82) is 0 Å². The molecular weight excluding hydrogens is 331 g/mol. The van der Waals surface area contributed by atoms with Crippen LogP contribution in [0, 0.1) is 17.5 Å². The monoisotopic (exact) mass is 350 g/mol. The van der Waals surface area contributed by atoms with Crippen LogP contribution in [0.2, 0.25) is 0 Å². The zero-order valence-corrected chi connectivity index (χ0v) is 13.6. The molecule has 7 heteroatoms. The van der Waals surface area contributed by atoms with E-state index in [1.165, 1.54) is 23.1 Å². The highest BCUT2D eigenvalue weighted by atomic mass is 19.1. The quantitative estimate of drug-likeness (QED) is 0.873. The SMILES string of the molecule is O=C(Nc1ccc(F)cc1F)N1CC[NH+](Cc2ccc(F)cc2)CC1. The lowest BCUT2D eigenvalue weighted by Gasteiger charge is -2.32. The molecule has 0 bridgehead atoms. The van der Waals surface area contributed by atoms with Crippen LogP contribution < -0.4 is 10.2 Å². The fourth-order valence-electron chi connectivity index (χ4n) is 2.88. The number of quaternary nitrogens is 1. The van der Waals surface area contributed by atoms with Gasteiger partial charge in [0.2, 0.25) is 0 Å². The van der Waals surface area contributed by atoms with Gasteiger partial charge in [0.15, 0.2) is 0 Å². The Bertz CT molecular complexity index is 744.